The Kier molecular flexibility index (Phi) is 8.75. The minimum Gasteiger partial charge on any atom is -0.356 e. The average Bonchev–Trinajstić information content (AvgIpc) is 2.67. The minimum atomic E-state index is -4.48. The Morgan fingerprint density at radius 1 is 1.21 bits per heavy atom. The number of likely N-dealkylation sites (tertiary alicyclic amines) is 1. The molecule has 0 atom stereocenters. The van der Waals surface area contributed by atoms with Gasteiger partial charge in [0.2, 0.25) is 5.95 Å². The Morgan fingerprint density at radius 2 is 1.93 bits per heavy atom. The summed E-state index contributed by atoms with van der Waals surface area (Å²) in [7, 11) is 1.69. The van der Waals surface area contributed by atoms with Crippen molar-refractivity contribution in [2.45, 2.75) is 32.4 Å². The van der Waals surface area contributed by atoms with E-state index >= 15 is 0 Å². The molecular formula is C18H30F3N7. The largest absolute Gasteiger partial charge is 0.433 e. The fourth-order valence-electron chi connectivity index (χ4n) is 2.97. The first-order chi connectivity index (χ1) is 13.4. The number of guanidine groups is 1. The second-order valence-corrected chi connectivity index (χ2v) is 6.99. The van der Waals surface area contributed by atoms with Crippen molar-refractivity contribution in [2.24, 2.45) is 10.9 Å². The predicted octanol–water partition coefficient (Wildman–Crippen LogP) is 2.19. The van der Waals surface area contributed by atoms with Crippen LogP contribution in [0.3, 0.4) is 0 Å². The van der Waals surface area contributed by atoms with Gasteiger partial charge in [0.1, 0.15) is 5.69 Å². The number of hydrogen-bond donors (Lipinski definition) is 3. The zero-order chi connectivity index (χ0) is 20.4. The molecule has 28 heavy (non-hydrogen) atoms. The predicted molar refractivity (Wildman–Crippen MR) is 104 cm³/mol. The molecule has 2 heterocycles. The summed E-state index contributed by atoms with van der Waals surface area (Å²) in [6.07, 6.45) is 0.203. The molecule has 158 valence electrons. The van der Waals surface area contributed by atoms with Crippen LogP contribution in [0.1, 0.15) is 31.9 Å². The van der Waals surface area contributed by atoms with Crippen LogP contribution in [0.25, 0.3) is 0 Å². The number of rotatable bonds is 8. The van der Waals surface area contributed by atoms with Gasteiger partial charge in [0.05, 0.1) is 0 Å². The molecule has 0 aliphatic carbocycles. The van der Waals surface area contributed by atoms with E-state index in [9.17, 15) is 13.2 Å². The highest BCUT2D eigenvalue weighted by Gasteiger charge is 2.32. The highest BCUT2D eigenvalue weighted by Crippen LogP contribution is 2.27. The smallest absolute Gasteiger partial charge is 0.356 e. The van der Waals surface area contributed by atoms with Gasteiger partial charge in [0.15, 0.2) is 5.96 Å². The quantitative estimate of drug-likeness (QED) is 0.352. The van der Waals surface area contributed by atoms with E-state index in [1.165, 1.54) is 25.9 Å². The summed E-state index contributed by atoms with van der Waals surface area (Å²) in [5, 5.41) is 9.14. The molecule has 0 radical (unpaired) electrons. The van der Waals surface area contributed by atoms with Crippen molar-refractivity contribution in [3.05, 3.63) is 18.0 Å². The van der Waals surface area contributed by atoms with Crippen LogP contribution < -0.4 is 16.0 Å². The van der Waals surface area contributed by atoms with E-state index in [0.717, 1.165) is 37.7 Å². The topological polar surface area (TPSA) is 77.5 Å². The van der Waals surface area contributed by atoms with Gasteiger partial charge in [-0.2, -0.15) is 13.2 Å². The number of nitrogens with zero attached hydrogens (tertiary/aromatic N) is 4. The molecule has 0 bridgehead atoms. The lowest BCUT2D eigenvalue weighted by atomic mass is 9.99. The summed E-state index contributed by atoms with van der Waals surface area (Å²) in [5.74, 6) is 1.46. The summed E-state index contributed by atoms with van der Waals surface area (Å²) in [4.78, 5) is 13.9. The average molecular weight is 401 g/mol. The van der Waals surface area contributed by atoms with Gasteiger partial charge < -0.3 is 20.9 Å². The molecule has 1 aliphatic heterocycles. The van der Waals surface area contributed by atoms with Crippen LogP contribution in [0.5, 0.6) is 0 Å². The van der Waals surface area contributed by atoms with Gasteiger partial charge in [-0.3, -0.25) is 4.99 Å². The third kappa shape index (κ3) is 7.87. The molecule has 10 heteroatoms. The second-order valence-electron chi connectivity index (χ2n) is 6.99. The fraction of sp³-hybridized carbons (Fsp3) is 0.722. The maximum Gasteiger partial charge on any atom is 0.433 e. The van der Waals surface area contributed by atoms with Gasteiger partial charge in [-0.15, -0.1) is 0 Å². The second kappa shape index (κ2) is 11.0. The van der Waals surface area contributed by atoms with Crippen LogP contribution in [0, 0.1) is 5.92 Å². The summed E-state index contributed by atoms with van der Waals surface area (Å²) in [6.45, 7) is 7.40. The lowest BCUT2D eigenvalue weighted by Gasteiger charge is -2.30. The van der Waals surface area contributed by atoms with Crippen molar-refractivity contribution in [1.82, 2.24) is 25.5 Å². The first kappa shape index (κ1) is 22.2. The fourth-order valence-corrected chi connectivity index (χ4v) is 2.97. The summed E-state index contributed by atoms with van der Waals surface area (Å²) in [5.41, 5.74) is -0.960. The van der Waals surface area contributed by atoms with Crippen LogP contribution in [0.15, 0.2) is 17.3 Å². The number of aromatic nitrogens is 2. The van der Waals surface area contributed by atoms with Crippen molar-refractivity contribution in [1.29, 1.82) is 0 Å². The van der Waals surface area contributed by atoms with E-state index in [1.807, 2.05) is 0 Å². The van der Waals surface area contributed by atoms with Gasteiger partial charge in [-0.05, 0) is 50.9 Å². The molecule has 0 amide bonds. The van der Waals surface area contributed by atoms with Crippen molar-refractivity contribution >= 4 is 11.9 Å². The molecule has 0 unspecified atom stereocenters. The van der Waals surface area contributed by atoms with Crippen LogP contribution in [0.4, 0.5) is 19.1 Å². The summed E-state index contributed by atoms with van der Waals surface area (Å²) in [6, 6.07) is 0.847. The third-order valence-corrected chi connectivity index (χ3v) is 4.69. The SMILES string of the molecule is CN=C(NCCCN1CCC(C)CC1)NCCNc1nccc(C(F)(F)F)n1. The van der Waals surface area contributed by atoms with E-state index in [0.29, 0.717) is 19.0 Å². The number of hydrogen-bond acceptors (Lipinski definition) is 5. The molecule has 1 aliphatic rings. The van der Waals surface area contributed by atoms with Gasteiger partial charge >= 0.3 is 6.18 Å². The molecular weight excluding hydrogens is 371 g/mol. The Hall–Kier alpha value is -2.10. The molecule has 1 fully saturated rings. The van der Waals surface area contributed by atoms with E-state index in [4.69, 9.17) is 0 Å². The van der Waals surface area contributed by atoms with Crippen molar-refractivity contribution in [3.63, 3.8) is 0 Å². The lowest BCUT2D eigenvalue weighted by Crippen LogP contribution is -2.41. The third-order valence-electron chi connectivity index (χ3n) is 4.69. The van der Waals surface area contributed by atoms with E-state index in [1.54, 1.807) is 7.05 Å². The molecule has 0 saturated carbocycles. The number of halogens is 3. The van der Waals surface area contributed by atoms with Gasteiger partial charge in [-0.25, -0.2) is 9.97 Å². The van der Waals surface area contributed by atoms with Crippen LogP contribution in [0.2, 0.25) is 0 Å². The normalized spacial score (nSPS) is 16.8. The van der Waals surface area contributed by atoms with E-state index in [-0.39, 0.29) is 5.95 Å². The van der Waals surface area contributed by atoms with Gasteiger partial charge in [0.25, 0.3) is 0 Å². The summed E-state index contributed by atoms with van der Waals surface area (Å²) < 4.78 is 37.9. The monoisotopic (exact) mass is 401 g/mol. The van der Waals surface area contributed by atoms with Gasteiger partial charge in [0, 0.05) is 32.9 Å². The molecule has 1 saturated heterocycles. The van der Waals surface area contributed by atoms with Crippen molar-refractivity contribution in [3.8, 4) is 0 Å². The molecule has 3 N–H and O–H groups in total. The van der Waals surface area contributed by atoms with E-state index in [2.05, 4.69) is 42.7 Å². The summed E-state index contributed by atoms with van der Waals surface area (Å²) >= 11 is 0. The zero-order valence-corrected chi connectivity index (χ0v) is 16.5. The molecule has 2 rings (SSSR count). The minimum absolute atomic E-state index is 0.0459. The van der Waals surface area contributed by atoms with Crippen LogP contribution in [-0.2, 0) is 6.18 Å². The standard InChI is InChI=1S/C18H30F3N7/c1-14-5-12-28(13-6-14)11-3-7-23-16(22-2)25-9-10-26-17-24-8-4-15(27-17)18(19,20)21/h4,8,14H,3,5-7,9-13H2,1-2H3,(H2,22,23,25)(H,24,26,27). The Labute approximate surface area is 164 Å². The molecule has 0 aromatic carbocycles. The molecule has 7 nitrogen and oxygen atoms in total. The maximum absolute atomic E-state index is 12.6. The first-order valence-corrected chi connectivity index (χ1v) is 9.69. The highest BCUT2D eigenvalue weighted by molar-refractivity contribution is 5.79. The first-order valence-electron chi connectivity index (χ1n) is 9.69. The molecule has 1 aromatic heterocycles. The number of aliphatic imine (C=N–C) groups is 1. The molecule has 0 spiro atoms. The molecule has 1 aromatic rings. The number of alkyl halides is 3. The van der Waals surface area contributed by atoms with Gasteiger partial charge in [-0.1, -0.05) is 6.92 Å². The maximum atomic E-state index is 12.6. The Bertz CT molecular complexity index is 613. The van der Waals surface area contributed by atoms with Crippen LogP contribution >= 0.6 is 0 Å². The highest BCUT2D eigenvalue weighted by atomic mass is 19.4. The van der Waals surface area contributed by atoms with E-state index < -0.39 is 11.9 Å². The van der Waals surface area contributed by atoms with Crippen molar-refractivity contribution in [2.75, 3.05) is 51.6 Å². The zero-order valence-electron chi connectivity index (χ0n) is 16.5. The number of piperidine rings is 1. The lowest BCUT2D eigenvalue weighted by molar-refractivity contribution is -0.141. The Balaban J connectivity index is 1.59. The Morgan fingerprint density at radius 3 is 2.61 bits per heavy atom. The van der Waals surface area contributed by atoms with Crippen molar-refractivity contribution < 1.29 is 13.2 Å². The number of anilines is 1. The number of nitrogens with one attached hydrogen (secondary N) is 3. The van der Waals surface area contributed by atoms with Crippen LogP contribution in [-0.4, -0.2) is 67.1 Å².